The van der Waals surface area contributed by atoms with Gasteiger partial charge in [-0.1, -0.05) is 15.9 Å². The first-order chi connectivity index (χ1) is 7.60. The highest BCUT2D eigenvalue weighted by atomic mass is 79.9. The van der Waals surface area contributed by atoms with E-state index in [0.717, 1.165) is 0 Å². The van der Waals surface area contributed by atoms with Gasteiger partial charge in [-0.2, -0.15) is 0 Å². The normalized spacial score (nSPS) is 12.2. The lowest BCUT2D eigenvalue weighted by molar-refractivity contribution is 0.457. The third-order valence-electron chi connectivity index (χ3n) is 2.17. The molecule has 0 amide bonds. The maximum atomic E-state index is 13.6. The minimum absolute atomic E-state index is 0.0825. The highest BCUT2D eigenvalue weighted by molar-refractivity contribution is 9.10. The molecule has 16 heavy (non-hydrogen) atoms. The molecule has 0 aromatic heterocycles. The van der Waals surface area contributed by atoms with Gasteiger partial charge in [-0.3, -0.25) is 11.3 Å². The lowest BCUT2D eigenvalue weighted by Crippen LogP contribution is -2.29. The summed E-state index contributed by atoms with van der Waals surface area (Å²) in [5.74, 6) is 6.37. The van der Waals surface area contributed by atoms with Gasteiger partial charge in [0.25, 0.3) is 0 Å². The summed E-state index contributed by atoms with van der Waals surface area (Å²) in [6.45, 7) is 0. The highest BCUT2D eigenvalue weighted by Crippen LogP contribution is 2.26. The van der Waals surface area contributed by atoms with E-state index in [4.69, 9.17) is 12.3 Å². The topological polar surface area (TPSA) is 38.0 Å². The fourth-order valence-corrected chi connectivity index (χ4v) is 1.83. The van der Waals surface area contributed by atoms with Crippen LogP contribution in [0.15, 0.2) is 16.6 Å². The largest absolute Gasteiger partial charge is 0.271 e. The van der Waals surface area contributed by atoms with Gasteiger partial charge >= 0.3 is 0 Å². The van der Waals surface area contributed by atoms with Crippen molar-refractivity contribution in [3.8, 4) is 12.3 Å². The van der Waals surface area contributed by atoms with Gasteiger partial charge in [0.15, 0.2) is 0 Å². The lowest BCUT2D eigenvalue weighted by Gasteiger charge is -2.16. The first-order valence-corrected chi connectivity index (χ1v) is 5.43. The van der Waals surface area contributed by atoms with Crippen LogP contribution in [0.1, 0.15) is 24.4 Å². The quantitative estimate of drug-likeness (QED) is 0.508. The molecule has 3 N–H and O–H groups in total. The van der Waals surface area contributed by atoms with Gasteiger partial charge < -0.3 is 0 Å². The molecule has 0 saturated heterocycles. The Morgan fingerprint density at radius 2 is 2.00 bits per heavy atom. The average Bonchev–Trinajstić information content (AvgIpc) is 2.21. The predicted octanol–water partition coefficient (Wildman–Crippen LogP) is 2.65. The van der Waals surface area contributed by atoms with E-state index in [1.807, 2.05) is 0 Å². The van der Waals surface area contributed by atoms with E-state index in [9.17, 15) is 8.78 Å². The molecule has 0 bridgehead atoms. The van der Waals surface area contributed by atoms with Gasteiger partial charge in [-0.15, -0.1) is 12.3 Å². The zero-order valence-corrected chi connectivity index (χ0v) is 10.0. The first kappa shape index (κ1) is 13.1. The summed E-state index contributed by atoms with van der Waals surface area (Å²) >= 11 is 3.01. The standard InChI is InChI=1S/C11H11BrF2N2/c1-2-3-4-10(16-15)11-8(13)5-7(12)6-9(11)14/h1,5-6,10,16H,3-4,15H2. The number of hydrogen-bond donors (Lipinski definition) is 2. The van der Waals surface area contributed by atoms with Gasteiger partial charge in [0.1, 0.15) is 11.6 Å². The molecule has 5 heteroatoms. The SMILES string of the molecule is C#CCCC(NN)c1c(F)cc(Br)cc1F. The van der Waals surface area contributed by atoms with Crippen molar-refractivity contribution in [3.05, 3.63) is 33.8 Å². The third kappa shape index (κ3) is 3.01. The molecular formula is C11H11BrF2N2. The van der Waals surface area contributed by atoms with Crippen molar-refractivity contribution in [2.75, 3.05) is 0 Å². The maximum absolute atomic E-state index is 13.6. The van der Waals surface area contributed by atoms with Crippen LogP contribution >= 0.6 is 15.9 Å². The Balaban J connectivity index is 3.05. The van der Waals surface area contributed by atoms with Crippen LogP contribution in [0.5, 0.6) is 0 Å². The Morgan fingerprint density at radius 3 is 2.44 bits per heavy atom. The van der Waals surface area contributed by atoms with E-state index >= 15 is 0 Å². The zero-order valence-electron chi connectivity index (χ0n) is 8.43. The number of halogens is 3. The van der Waals surface area contributed by atoms with Crippen LogP contribution in [0.2, 0.25) is 0 Å². The summed E-state index contributed by atoms with van der Waals surface area (Å²) in [7, 11) is 0. The monoisotopic (exact) mass is 288 g/mol. The lowest BCUT2D eigenvalue weighted by atomic mass is 10.0. The first-order valence-electron chi connectivity index (χ1n) is 4.64. The van der Waals surface area contributed by atoms with Crippen molar-refractivity contribution in [1.82, 2.24) is 5.43 Å². The number of benzene rings is 1. The molecule has 0 fully saturated rings. The Morgan fingerprint density at radius 1 is 1.44 bits per heavy atom. The molecule has 1 unspecified atom stereocenters. The van der Waals surface area contributed by atoms with Crippen molar-refractivity contribution in [2.45, 2.75) is 18.9 Å². The fraction of sp³-hybridized carbons (Fsp3) is 0.273. The Bertz CT molecular complexity index is 392. The molecule has 0 radical (unpaired) electrons. The summed E-state index contributed by atoms with van der Waals surface area (Å²) in [6, 6.07) is 1.77. The fourth-order valence-electron chi connectivity index (χ4n) is 1.42. The molecule has 2 nitrogen and oxygen atoms in total. The van der Waals surface area contributed by atoms with Gasteiger partial charge in [0.2, 0.25) is 0 Å². The number of nitrogens with two attached hydrogens (primary N) is 1. The summed E-state index contributed by atoms with van der Waals surface area (Å²) in [5, 5.41) is 0. The summed E-state index contributed by atoms with van der Waals surface area (Å²) in [4.78, 5) is 0. The number of terminal acetylenes is 1. The minimum atomic E-state index is -0.646. The summed E-state index contributed by atoms with van der Waals surface area (Å²) < 4.78 is 27.5. The molecule has 0 spiro atoms. The highest BCUT2D eigenvalue weighted by Gasteiger charge is 2.19. The van der Waals surface area contributed by atoms with Gasteiger partial charge in [0.05, 0.1) is 6.04 Å². The second-order valence-corrected chi connectivity index (χ2v) is 4.16. The molecule has 86 valence electrons. The molecular weight excluding hydrogens is 278 g/mol. The third-order valence-corrected chi connectivity index (χ3v) is 2.63. The molecule has 0 heterocycles. The van der Waals surface area contributed by atoms with Crippen molar-refractivity contribution in [1.29, 1.82) is 0 Å². The van der Waals surface area contributed by atoms with Gasteiger partial charge in [-0.25, -0.2) is 8.78 Å². The molecule has 0 aliphatic rings. The van der Waals surface area contributed by atoms with Crippen LogP contribution in [0.25, 0.3) is 0 Å². The smallest absolute Gasteiger partial charge is 0.132 e. The van der Waals surface area contributed by atoms with Crippen molar-refractivity contribution < 1.29 is 8.78 Å². The Labute approximate surface area is 101 Å². The van der Waals surface area contributed by atoms with E-state index < -0.39 is 17.7 Å². The Kier molecular flexibility index (Phi) is 4.87. The Hall–Kier alpha value is -0.960. The molecule has 0 aliphatic heterocycles. The number of hydrogen-bond acceptors (Lipinski definition) is 2. The average molecular weight is 289 g/mol. The van der Waals surface area contributed by atoms with Crippen LogP contribution in [-0.2, 0) is 0 Å². The van der Waals surface area contributed by atoms with Crippen LogP contribution in [-0.4, -0.2) is 0 Å². The molecule has 0 aliphatic carbocycles. The van der Waals surface area contributed by atoms with Gasteiger partial charge in [0, 0.05) is 16.5 Å². The van der Waals surface area contributed by atoms with E-state index in [2.05, 4.69) is 27.3 Å². The van der Waals surface area contributed by atoms with E-state index in [-0.39, 0.29) is 5.56 Å². The molecule has 0 saturated carbocycles. The van der Waals surface area contributed by atoms with E-state index in [1.165, 1.54) is 12.1 Å². The van der Waals surface area contributed by atoms with Crippen LogP contribution in [0.4, 0.5) is 8.78 Å². The number of hydrazine groups is 1. The minimum Gasteiger partial charge on any atom is -0.271 e. The van der Waals surface area contributed by atoms with E-state index in [0.29, 0.717) is 17.3 Å². The summed E-state index contributed by atoms with van der Waals surface area (Å²) in [6.07, 6.45) is 5.87. The van der Waals surface area contributed by atoms with Crippen LogP contribution < -0.4 is 11.3 Å². The van der Waals surface area contributed by atoms with Gasteiger partial charge in [-0.05, 0) is 18.6 Å². The predicted molar refractivity (Wildman–Crippen MR) is 62.2 cm³/mol. The molecule has 1 rings (SSSR count). The van der Waals surface area contributed by atoms with Crippen LogP contribution in [0.3, 0.4) is 0 Å². The van der Waals surface area contributed by atoms with Crippen molar-refractivity contribution in [2.24, 2.45) is 5.84 Å². The zero-order chi connectivity index (χ0) is 12.1. The second kappa shape index (κ2) is 5.94. The summed E-state index contributed by atoms with van der Waals surface area (Å²) in [5.41, 5.74) is 2.28. The maximum Gasteiger partial charge on any atom is 0.132 e. The second-order valence-electron chi connectivity index (χ2n) is 3.25. The van der Waals surface area contributed by atoms with E-state index in [1.54, 1.807) is 0 Å². The van der Waals surface area contributed by atoms with Crippen molar-refractivity contribution in [3.63, 3.8) is 0 Å². The van der Waals surface area contributed by atoms with Crippen LogP contribution in [0, 0.1) is 24.0 Å². The number of nitrogens with one attached hydrogen (secondary N) is 1. The molecule has 1 aromatic carbocycles. The number of rotatable bonds is 4. The molecule has 1 atom stereocenters. The van der Waals surface area contributed by atoms with Crippen molar-refractivity contribution >= 4 is 15.9 Å². The molecule has 1 aromatic rings.